The van der Waals surface area contributed by atoms with E-state index in [0.29, 0.717) is 16.9 Å². The smallest absolute Gasteiger partial charge is 0.337 e. The molecule has 7 heteroatoms. The molecular formula is C25H30O7. The number of phenols is 1. The second kappa shape index (κ2) is 19.0. The van der Waals surface area contributed by atoms with Gasteiger partial charge in [0.15, 0.2) is 0 Å². The highest BCUT2D eigenvalue weighted by Crippen LogP contribution is 2.12. The molecule has 2 rings (SSSR count). The molecule has 0 atom stereocenters. The van der Waals surface area contributed by atoms with Crippen LogP contribution in [0.3, 0.4) is 0 Å². The summed E-state index contributed by atoms with van der Waals surface area (Å²) in [5, 5.41) is 17.0. The number of rotatable bonds is 4. The summed E-state index contributed by atoms with van der Waals surface area (Å²) in [6, 6.07) is 11.8. The normalized spacial score (nSPS) is 10.8. The fourth-order valence-corrected chi connectivity index (χ4v) is 1.68. The van der Waals surface area contributed by atoms with E-state index in [0.717, 1.165) is 0 Å². The summed E-state index contributed by atoms with van der Waals surface area (Å²) >= 11 is 0. The first kappa shape index (κ1) is 22.7. The standard InChI is InChI=1S/C12H12O3.C8H8O3.C4H6O.CH4/c1-3-4-9-15-11-7-5-10(6-8-11)12(13)14-2;1-11-8(10)6-2-4-7(9)5-3-6;1-2-3-4-5;/h5-8H,9H2,1-2H3;2-5,9H,1H3;5H,4H2,1H3;1H4/i9D2;;4D2;. The number of aromatic hydroxyl groups is 1. The number of carbonyl (C=O) groups excluding carboxylic acids is 2. The Labute approximate surface area is 195 Å². The molecule has 2 N–H and O–H groups in total. The molecule has 0 aromatic heterocycles. The number of benzene rings is 2. The van der Waals surface area contributed by atoms with Gasteiger partial charge in [-0.2, -0.15) is 0 Å². The quantitative estimate of drug-likeness (QED) is 0.545. The molecule has 0 aliphatic carbocycles. The van der Waals surface area contributed by atoms with Crippen molar-refractivity contribution in [2.75, 3.05) is 27.3 Å². The minimum Gasteiger partial charge on any atom is -0.508 e. The Morgan fingerprint density at radius 3 is 1.66 bits per heavy atom. The SMILES string of the molecule is C.COC(=O)c1ccc(O)cc1.[2H]C([2H])(C#CC)Oc1ccc(C(=O)OC)cc1.[2H]C([2H])(O)C#CC. The fourth-order valence-electron chi connectivity index (χ4n) is 1.68. The van der Waals surface area contributed by atoms with Crippen molar-refractivity contribution in [2.24, 2.45) is 0 Å². The van der Waals surface area contributed by atoms with Gasteiger partial charge in [-0.15, -0.1) is 11.8 Å². The minimum absolute atomic E-state index is 0. The van der Waals surface area contributed by atoms with Crippen molar-refractivity contribution < 1.29 is 39.5 Å². The first-order valence-electron chi connectivity index (χ1n) is 10.6. The van der Waals surface area contributed by atoms with Crippen LogP contribution < -0.4 is 4.74 Å². The minimum atomic E-state index is -2.31. The zero-order valence-electron chi connectivity index (χ0n) is 21.6. The molecule has 2 aromatic rings. The lowest BCUT2D eigenvalue weighted by Crippen LogP contribution is -2.01. The van der Waals surface area contributed by atoms with Crippen molar-refractivity contribution in [2.45, 2.75) is 21.3 Å². The summed E-state index contributed by atoms with van der Waals surface area (Å²) in [4.78, 5) is 22.0. The van der Waals surface area contributed by atoms with Gasteiger partial charge in [-0.25, -0.2) is 9.59 Å². The molecule has 0 fully saturated rings. The largest absolute Gasteiger partial charge is 0.508 e. The summed E-state index contributed by atoms with van der Waals surface area (Å²) < 4.78 is 41.6. The van der Waals surface area contributed by atoms with Gasteiger partial charge in [0.2, 0.25) is 0 Å². The monoisotopic (exact) mass is 446 g/mol. The van der Waals surface area contributed by atoms with Crippen LogP contribution in [0.2, 0.25) is 0 Å². The molecule has 0 spiro atoms. The zero-order chi connectivity index (χ0) is 27.1. The second-order valence-electron chi connectivity index (χ2n) is 5.12. The number of ether oxygens (including phenoxy) is 3. The molecule has 0 radical (unpaired) electrons. The molecule has 0 saturated carbocycles. The number of phenolic OH excluding ortho intramolecular Hbond substituents is 1. The van der Waals surface area contributed by atoms with E-state index < -0.39 is 25.1 Å². The van der Waals surface area contributed by atoms with Crippen molar-refractivity contribution >= 4 is 11.9 Å². The van der Waals surface area contributed by atoms with Gasteiger partial charge in [-0.3, -0.25) is 0 Å². The van der Waals surface area contributed by atoms with Crippen LogP contribution in [0.25, 0.3) is 0 Å². The lowest BCUT2D eigenvalue weighted by atomic mass is 10.2. The lowest BCUT2D eigenvalue weighted by molar-refractivity contribution is 0.0592. The molecule has 0 aliphatic rings. The molecule has 7 nitrogen and oxygen atoms in total. The number of aliphatic hydroxyl groups is 1. The van der Waals surface area contributed by atoms with Crippen molar-refractivity contribution in [1.29, 1.82) is 0 Å². The van der Waals surface area contributed by atoms with E-state index in [4.69, 9.17) is 20.4 Å². The maximum absolute atomic E-state index is 11.2. The summed E-state index contributed by atoms with van der Waals surface area (Å²) in [7, 11) is 2.61. The molecule has 2 aromatic carbocycles. The van der Waals surface area contributed by atoms with E-state index in [1.54, 1.807) is 0 Å². The molecule has 172 valence electrons. The number of hydrogen-bond donors (Lipinski definition) is 2. The van der Waals surface area contributed by atoms with E-state index in [1.165, 1.54) is 76.6 Å². The van der Waals surface area contributed by atoms with Crippen LogP contribution >= 0.6 is 0 Å². The van der Waals surface area contributed by atoms with Gasteiger partial charge in [0, 0.05) is 0 Å². The third kappa shape index (κ3) is 13.3. The van der Waals surface area contributed by atoms with Crippen molar-refractivity contribution in [3.63, 3.8) is 0 Å². The molecular weight excluding hydrogens is 412 g/mol. The van der Waals surface area contributed by atoms with E-state index in [-0.39, 0.29) is 13.2 Å². The molecule has 32 heavy (non-hydrogen) atoms. The van der Waals surface area contributed by atoms with Crippen LogP contribution in [-0.2, 0) is 9.47 Å². The van der Waals surface area contributed by atoms with Crippen LogP contribution in [0.4, 0.5) is 0 Å². The predicted octanol–water partition coefficient (Wildman–Crippen LogP) is 3.69. The summed E-state index contributed by atoms with van der Waals surface area (Å²) in [5.74, 6) is 8.47. The topological polar surface area (TPSA) is 102 Å². The Morgan fingerprint density at radius 1 is 0.875 bits per heavy atom. The Hall–Kier alpha value is -3.94. The zero-order valence-corrected chi connectivity index (χ0v) is 17.6. The van der Waals surface area contributed by atoms with Crippen molar-refractivity contribution in [3.05, 3.63) is 59.7 Å². The third-order valence-electron chi connectivity index (χ3n) is 3.09. The summed E-state index contributed by atoms with van der Waals surface area (Å²) in [6.45, 7) is -1.36. The third-order valence-corrected chi connectivity index (χ3v) is 3.09. The Kier molecular flexibility index (Phi) is 13.5. The van der Waals surface area contributed by atoms with E-state index in [2.05, 4.69) is 27.2 Å². The van der Waals surface area contributed by atoms with E-state index in [9.17, 15) is 9.59 Å². The number of hydrogen-bond acceptors (Lipinski definition) is 7. The highest BCUT2D eigenvalue weighted by atomic mass is 16.5. The second-order valence-corrected chi connectivity index (χ2v) is 5.12. The van der Waals surface area contributed by atoms with Gasteiger partial charge in [0.1, 0.15) is 24.6 Å². The molecule has 0 unspecified atom stereocenters. The van der Waals surface area contributed by atoms with Gasteiger partial charge in [-0.1, -0.05) is 19.3 Å². The van der Waals surface area contributed by atoms with Gasteiger partial charge in [0.05, 0.1) is 30.8 Å². The first-order chi connectivity index (χ1) is 16.3. The number of methoxy groups -OCH3 is 2. The van der Waals surface area contributed by atoms with Crippen molar-refractivity contribution in [3.8, 4) is 35.2 Å². The molecule has 0 saturated heterocycles. The fraction of sp³-hybridized carbons (Fsp3) is 0.280. The average molecular weight is 447 g/mol. The van der Waals surface area contributed by atoms with Crippen LogP contribution in [-0.4, -0.2) is 49.5 Å². The molecule has 0 aliphatic heterocycles. The number of carbonyl (C=O) groups is 2. The van der Waals surface area contributed by atoms with Crippen molar-refractivity contribution in [1.82, 2.24) is 0 Å². The lowest BCUT2D eigenvalue weighted by Gasteiger charge is -2.02. The van der Waals surface area contributed by atoms with Crippen LogP contribution in [0.5, 0.6) is 11.5 Å². The maximum atomic E-state index is 11.2. The Balaban J connectivity index is 0. The highest BCUT2D eigenvalue weighted by molar-refractivity contribution is 5.89. The van der Waals surface area contributed by atoms with Gasteiger partial charge < -0.3 is 24.4 Å². The maximum Gasteiger partial charge on any atom is 0.337 e. The van der Waals surface area contributed by atoms with Crippen LogP contribution in [0.1, 0.15) is 47.5 Å². The highest BCUT2D eigenvalue weighted by Gasteiger charge is 2.04. The number of esters is 2. The van der Waals surface area contributed by atoms with Crippen LogP contribution in [0.15, 0.2) is 48.5 Å². The van der Waals surface area contributed by atoms with Gasteiger partial charge in [0.25, 0.3) is 0 Å². The summed E-state index contributed by atoms with van der Waals surface area (Å²) in [6.07, 6.45) is 0. The first-order valence-corrected chi connectivity index (χ1v) is 8.63. The molecule has 0 heterocycles. The van der Waals surface area contributed by atoms with Gasteiger partial charge >= 0.3 is 11.9 Å². The Bertz CT molecular complexity index is 1070. The van der Waals surface area contributed by atoms with E-state index in [1.807, 2.05) is 5.92 Å². The predicted molar refractivity (Wildman–Crippen MR) is 123 cm³/mol. The average Bonchev–Trinajstić information content (AvgIpc) is 2.79. The molecule has 0 bridgehead atoms. The molecule has 0 amide bonds. The summed E-state index contributed by atoms with van der Waals surface area (Å²) in [5.41, 5.74) is 0.812. The van der Waals surface area contributed by atoms with Crippen LogP contribution in [0, 0.1) is 23.7 Å². The van der Waals surface area contributed by atoms with E-state index >= 15 is 0 Å². The van der Waals surface area contributed by atoms with Gasteiger partial charge in [-0.05, 0) is 62.4 Å². The Morgan fingerprint density at radius 2 is 1.31 bits per heavy atom.